The van der Waals surface area contributed by atoms with Crippen molar-refractivity contribution < 1.29 is 4.79 Å². The molecule has 1 saturated heterocycles. The molecule has 0 aliphatic carbocycles. The van der Waals surface area contributed by atoms with Crippen molar-refractivity contribution in [1.29, 1.82) is 0 Å². The second-order valence-corrected chi connectivity index (χ2v) is 6.55. The number of carbonyl (C=O) groups excluding carboxylic acids is 1. The van der Waals surface area contributed by atoms with Crippen molar-refractivity contribution in [3.05, 3.63) is 35.9 Å². The van der Waals surface area contributed by atoms with Gasteiger partial charge in [-0.1, -0.05) is 37.3 Å². The SMILES string of the molecule is CC1CCN(C(C)CNC(=O)NC(C)c2ccccc2)CC1. The summed E-state index contributed by atoms with van der Waals surface area (Å²) in [6, 6.07) is 10.4. The van der Waals surface area contributed by atoms with Crippen LogP contribution in [0.3, 0.4) is 0 Å². The molecule has 2 unspecified atom stereocenters. The molecule has 1 aromatic carbocycles. The second kappa shape index (κ2) is 8.18. The van der Waals surface area contributed by atoms with E-state index in [2.05, 4.69) is 29.4 Å². The quantitative estimate of drug-likeness (QED) is 0.877. The Kier molecular flexibility index (Phi) is 6.25. The number of amides is 2. The number of nitrogens with zero attached hydrogens (tertiary/aromatic N) is 1. The Bertz CT molecular complexity index is 455. The summed E-state index contributed by atoms with van der Waals surface area (Å²) in [5, 5.41) is 5.99. The number of urea groups is 1. The molecule has 0 saturated carbocycles. The van der Waals surface area contributed by atoms with Crippen LogP contribution in [0.15, 0.2) is 30.3 Å². The monoisotopic (exact) mass is 303 g/mol. The lowest BCUT2D eigenvalue weighted by Crippen LogP contribution is -2.47. The predicted octanol–water partition coefficient (Wildman–Crippen LogP) is 3.17. The van der Waals surface area contributed by atoms with Crippen molar-refractivity contribution in [3.63, 3.8) is 0 Å². The topological polar surface area (TPSA) is 44.4 Å². The lowest BCUT2D eigenvalue weighted by atomic mass is 9.98. The molecule has 0 radical (unpaired) electrons. The fourth-order valence-corrected chi connectivity index (χ4v) is 2.91. The van der Waals surface area contributed by atoms with Crippen LogP contribution in [0.4, 0.5) is 4.79 Å². The van der Waals surface area contributed by atoms with Gasteiger partial charge in [-0.2, -0.15) is 0 Å². The van der Waals surface area contributed by atoms with E-state index in [1.807, 2.05) is 37.3 Å². The van der Waals surface area contributed by atoms with E-state index in [0.717, 1.165) is 24.6 Å². The molecular formula is C18H29N3O. The van der Waals surface area contributed by atoms with Crippen molar-refractivity contribution in [2.24, 2.45) is 5.92 Å². The van der Waals surface area contributed by atoms with Crippen molar-refractivity contribution in [1.82, 2.24) is 15.5 Å². The normalized spacial score (nSPS) is 19.4. The van der Waals surface area contributed by atoms with Gasteiger partial charge in [-0.3, -0.25) is 4.90 Å². The number of likely N-dealkylation sites (tertiary alicyclic amines) is 1. The third-order valence-corrected chi connectivity index (χ3v) is 4.65. The number of rotatable bonds is 5. The molecular weight excluding hydrogens is 274 g/mol. The van der Waals surface area contributed by atoms with Gasteiger partial charge < -0.3 is 10.6 Å². The second-order valence-electron chi connectivity index (χ2n) is 6.55. The zero-order chi connectivity index (χ0) is 15.9. The molecule has 2 atom stereocenters. The van der Waals surface area contributed by atoms with Crippen LogP contribution in [0.5, 0.6) is 0 Å². The van der Waals surface area contributed by atoms with Gasteiger partial charge in [0, 0.05) is 12.6 Å². The molecule has 4 heteroatoms. The Labute approximate surface area is 134 Å². The van der Waals surface area contributed by atoms with Gasteiger partial charge >= 0.3 is 6.03 Å². The zero-order valence-electron chi connectivity index (χ0n) is 14.0. The van der Waals surface area contributed by atoms with Crippen LogP contribution in [-0.4, -0.2) is 36.6 Å². The minimum absolute atomic E-state index is 0.0207. The van der Waals surface area contributed by atoms with Crippen molar-refractivity contribution in [2.75, 3.05) is 19.6 Å². The Balaban J connectivity index is 1.71. The maximum atomic E-state index is 12.0. The van der Waals surface area contributed by atoms with E-state index in [-0.39, 0.29) is 12.1 Å². The van der Waals surface area contributed by atoms with Crippen LogP contribution in [0.2, 0.25) is 0 Å². The summed E-state index contributed by atoms with van der Waals surface area (Å²) in [6.45, 7) is 9.50. The fraction of sp³-hybridized carbons (Fsp3) is 0.611. The predicted molar refractivity (Wildman–Crippen MR) is 90.8 cm³/mol. The summed E-state index contributed by atoms with van der Waals surface area (Å²) in [6.07, 6.45) is 2.53. The van der Waals surface area contributed by atoms with Crippen LogP contribution in [0.25, 0.3) is 0 Å². The van der Waals surface area contributed by atoms with Crippen molar-refractivity contribution in [2.45, 2.75) is 45.7 Å². The smallest absolute Gasteiger partial charge is 0.315 e. The number of hydrogen-bond acceptors (Lipinski definition) is 2. The summed E-state index contributed by atoms with van der Waals surface area (Å²) in [4.78, 5) is 14.5. The zero-order valence-corrected chi connectivity index (χ0v) is 14.0. The van der Waals surface area contributed by atoms with Gasteiger partial charge in [0.05, 0.1) is 6.04 Å². The molecule has 0 aromatic heterocycles. The van der Waals surface area contributed by atoms with Crippen LogP contribution in [-0.2, 0) is 0 Å². The molecule has 1 heterocycles. The number of carbonyl (C=O) groups is 1. The van der Waals surface area contributed by atoms with Gasteiger partial charge in [-0.15, -0.1) is 0 Å². The average molecular weight is 303 g/mol. The van der Waals surface area contributed by atoms with Gasteiger partial charge in [0.1, 0.15) is 0 Å². The molecule has 1 aliphatic rings. The molecule has 1 fully saturated rings. The first-order valence-electron chi connectivity index (χ1n) is 8.39. The summed E-state index contributed by atoms with van der Waals surface area (Å²) in [7, 11) is 0. The average Bonchev–Trinajstić information content (AvgIpc) is 2.54. The van der Waals surface area contributed by atoms with Crippen molar-refractivity contribution >= 4 is 6.03 Å². The van der Waals surface area contributed by atoms with Gasteiger partial charge in [-0.05, 0) is 51.3 Å². The largest absolute Gasteiger partial charge is 0.337 e. The Morgan fingerprint density at radius 1 is 1.23 bits per heavy atom. The highest BCUT2D eigenvalue weighted by molar-refractivity contribution is 5.74. The maximum absolute atomic E-state index is 12.0. The minimum atomic E-state index is -0.0893. The highest BCUT2D eigenvalue weighted by Crippen LogP contribution is 2.17. The Hall–Kier alpha value is -1.55. The van der Waals surface area contributed by atoms with Gasteiger partial charge in [0.2, 0.25) is 0 Å². The summed E-state index contributed by atoms with van der Waals surface area (Å²) >= 11 is 0. The lowest BCUT2D eigenvalue weighted by Gasteiger charge is -2.35. The Morgan fingerprint density at radius 2 is 1.86 bits per heavy atom. The molecule has 0 bridgehead atoms. The number of piperidine rings is 1. The molecule has 122 valence electrons. The highest BCUT2D eigenvalue weighted by atomic mass is 16.2. The molecule has 2 N–H and O–H groups in total. The van der Waals surface area contributed by atoms with Gasteiger partial charge in [0.15, 0.2) is 0 Å². The maximum Gasteiger partial charge on any atom is 0.315 e. The molecule has 2 amide bonds. The standard InChI is InChI=1S/C18H29N3O/c1-14-9-11-21(12-10-14)15(2)13-19-18(22)20-16(3)17-7-5-4-6-8-17/h4-8,14-16H,9-13H2,1-3H3,(H2,19,20,22). The first kappa shape index (κ1) is 16.8. The highest BCUT2D eigenvalue weighted by Gasteiger charge is 2.20. The first-order valence-corrected chi connectivity index (χ1v) is 8.39. The summed E-state index contributed by atoms with van der Waals surface area (Å²) in [5.74, 6) is 0.839. The molecule has 1 aliphatic heterocycles. The third-order valence-electron chi connectivity index (χ3n) is 4.65. The molecule has 22 heavy (non-hydrogen) atoms. The lowest BCUT2D eigenvalue weighted by molar-refractivity contribution is 0.145. The van der Waals surface area contributed by atoms with E-state index in [9.17, 15) is 4.79 Å². The van der Waals surface area contributed by atoms with E-state index in [0.29, 0.717) is 12.6 Å². The van der Waals surface area contributed by atoms with Crippen LogP contribution in [0.1, 0.15) is 45.2 Å². The number of benzene rings is 1. The van der Waals surface area contributed by atoms with E-state index in [1.54, 1.807) is 0 Å². The first-order chi connectivity index (χ1) is 10.6. The van der Waals surface area contributed by atoms with Crippen LogP contribution < -0.4 is 10.6 Å². The van der Waals surface area contributed by atoms with E-state index < -0.39 is 0 Å². The van der Waals surface area contributed by atoms with Crippen molar-refractivity contribution in [3.8, 4) is 0 Å². The van der Waals surface area contributed by atoms with Gasteiger partial charge in [0.25, 0.3) is 0 Å². The summed E-state index contributed by atoms with van der Waals surface area (Å²) in [5.41, 5.74) is 1.12. The third kappa shape index (κ3) is 5.02. The van der Waals surface area contributed by atoms with Crippen LogP contribution in [0, 0.1) is 5.92 Å². The molecule has 2 rings (SSSR count). The van der Waals surface area contributed by atoms with E-state index in [1.165, 1.54) is 12.8 Å². The van der Waals surface area contributed by atoms with E-state index >= 15 is 0 Å². The molecule has 1 aromatic rings. The fourth-order valence-electron chi connectivity index (χ4n) is 2.91. The molecule has 4 nitrogen and oxygen atoms in total. The minimum Gasteiger partial charge on any atom is -0.337 e. The summed E-state index contributed by atoms with van der Waals surface area (Å²) < 4.78 is 0. The number of nitrogens with one attached hydrogen (secondary N) is 2. The number of hydrogen-bond donors (Lipinski definition) is 2. The molecule has 0 spiro atoms. The van der Waals surface area contributed by atoms with E-state index in [4.69, 9.17) is 0 Å². The van der Waals surface area contributed by atoms with Gasteiger partial charge in [-0.25, -0.2) is 4.79 Å². The van der Waals surface area contributed by atoms with Crippen LogP contribution >= 0.6 is 0 Å². The Morgan fingerprint density at radius 3 is 2.50 bits per heavy atom.